The third-order valence-corrected chi connectivity index (χ3v) is 5.62. The van der Waals surface area contributed by atoms with Gasteiger partial charge in [0.25, 0.3) is 0 Å². The first-order valence-corrected chi connectivity index (χ1v) is 10.4. The summed E-state index contributed by atoms with van der Waals surface area (Å²) >= 11 is 0. The van der Waals surface area contributed by atoms with Crippen LogP contribution in [0.1, 0.15) is 88.7 Å². The SMILES string of the molecule is CC/C=C/C=C(/C(=O)O)c1ccc(C2CCC(CCCCC)CC2)cc1. The fourth-order valence-corrected chi connectivity index (χ4v) is 3.99. The minimum absolute atomic E-state index is 0.362. The van der Waals surface area contributed by atoms with Crippen LogP contribution in [-0.4, -0.2) is 11.1 Å². The van der Waals surface area contributed by atoms with Crippen LogP contribution in [0.2, 0.25) is 0 Å². The number of unbranched alkanes of at least 4 members (excludes halogenated alkanes) is 2. The fourth-order valence-electron chi connectivity index (χ4n) is 3.99. The van der Waals surface area contributed by atoms with Crippen LogP contribution in [0.25, 0.3) is 5.57 Å². The Labute approximate surface area is 159 Å². The Morgan fingerprint density at radius 2 is 1.77 bits per heavy atom. The first kappa shape index (κ1) is 20.5. The first-order chi connectivity index (χ1) is 12.7. The van der Waals surface area contributed by atoms with Crippen molar-refractivity contribution in [2.24, 2.45) is 5.92 Å². The van der Waals surface area contributed by atoms with Gasteiger partial charge in [0.15, 0.2) is 0 Å². The summed E-state index contributed by atoms with van der Waals surface area (Å²) < 4.78 is 0. The highest BCUT2D eigenvalue weighted by Crippen LogP contribution is 2.38. The van der Waals surface area contributed by atoms with Gasteiger partial charge in [-0.25, -0.2) is 4.79 Å². The molecule has 0 heterocycles. The number of rotatable bonds is 9. The average Bonchev–Trinajstić information content (AvgIpc) is 2.66. The van der Waals surface area contributed by atoms with Crippen molar-refractivity contribution < 1.29 is 9.90 Å². The molecular weight excluding hydrogens is 320 g/mol. The average molecular weight is 355 g/mol. The van der Waals surface area contributed by atoms with Crippen molar-refractivity contribution in [3.8, 4) is 0 Å². The zero-order chi connectivity index (χ0) is 18.8. The molecule has 0 bridgehead atoms. The molecule has 0 saturated heterocycles. The van der Waals surface area contributed by atoms with Crippen molar-refractivity contribution in [2.45, 2.75) is 77.6 Å². The second kappa shape index (κ2) is 11.0. The number of allylic oxidation sites excluding steroid dienone is 3. The third-order valence-electron chi connectivity index (χ3n) is 5.62. The molecule has 1 fully saturated rings. The summed E-state index contributed by atoms with van der Waals surface area (Å²) in [7, 11) is 0. The van der Waals surface area contributed by atoms with Gasteiger partial charge in [-0.3, -0.25) is 0 Å². The molecule has 26 heavy (non-hydrogen) atoms. The smallest absolute Gasteiger partial charge is 0.336 e. The minimum Gasteiger partial charge on any atom is -0.478 e. The van der Waals surface area contributed by atoms with Gasteiger partial charge < -0.3 is 5.11 Å². The molecule has 2 nitrogen and oxygen atoms in total. The number of carboxylic acid groups (broad SMARTS) is 1. The van der Waals surface area contributed by atoms with Crippen molar-refractivity contribution in [1.82, 2.24) is 0 Å². The van der Waals surface area contributed by atoms with E-state index in [2.05, 4.69) is 19.1 Å². The van der Waals surface area contributed by atoms with Crippen molar-refractivity contribution in [1.29, 1.82) is 0 Å². The summed E-state index contributed by atoms with van der Waals surface area (Å²) in [6.45, 7) is 4.31. The number of hydrogen-bond donors (Lipinski definition) is 1. The minimum atomic E-state index is -0.869. The van der Waals surface area contributed by atoms with Gasteiger partial charge in [-0.1, -0.05) is 75.9 Å². The molecule has 1 aliphatic carbocycles. The number of carboxylic acids is 1. The van der Waals surface area contributed by atoms with E-state index in [0.717, 1.165) is 17.9 Å². The topological polar surface area (TPSA) is 37.3 Å². The highest BCUT2D eigenvalue weighted by molar-refractivity contribution is 6.15. The lowest BCUT2D eigenvalue weighted by Crippen LogP contribution is -2.13. The van der Waals surface area contributed by atoms with E-state index >= 15 is 0 Å². The van der Waals surface area contributed by atoms with Gasteiger partial charge in [-0.15, -0.1) is 0 Å². The number of hydrogen-bond acceptors (Lipinski definition) is 1. The molecule has 0 atom stereocenters. The van der Waals surface area contributed by atoms with Gasteiger partial charge in [0, 0.05) is 0 Å². The van der Waals surface area contributed by atoms with Crippen LogP contribution in [0.3, 0.4) is 0 Å². The van der Waals surface area contributed by atoms with Crippen LogP contribution < -0.4 is 0 Å². The second-order valence-corrected chi connectivity index (χ2v) is 7.56. The maximum atomic E-state index is 11.5. The summed E-state index contributed by atoms with van der Waals surface area (Å²) in [4.78, 5) is 11.5. The van der Waals surface area contributed by atoms with Crippen molar-refractivity contribution >= 4 is 11.5 Å². The van der Waals surface area contributed by atoms with Gasteiger partial charge >= 0.3 is 5.97 Å². The molecule has 1 aromatic carbocycles. The predicted octanol–water partition coefficient (Wildman–Crippen LogP) is 6.97. The Balaban J connectivity index is 1.96. The van der Waals surface area contributed by atoms with Gasteiger partial charge in [0.2, 0.25) is 0 Å². The van der Waals surface area contributed by atoms with Crippen LogP contribution in [0.4, 0.5) is 0 Å². The molecule has 0 amide bonds. The van der Waals surface area contributed by atoms with Crippen LogP contribution in [0.15, 0.2) is 42.5 Å². The molecule has 0 aliphatic heterocycles. The molecule has 0 radical (unpaired) electrons. The Morgan fingerprint density at radius 3 is 2.35 bits per heavy atom. The molecule has 142 valence electrons. The third kappa shape index (κ3) is 6.16. The lowest BCUT2D eigenvalue weighted by atomic mass is 9.77. The fraction of sp³-hybridized carbons (Fsp3) is 0.542. The standard InChI is InChI=1S/C24H34O2/c1-3-5-7-9-19-11-13-20(14-12-19)21-15-17-22(18-16-21)23(24(25)26)10-8-6-4-2/h6,8,10,15-20H,3-5,7,9,11-14H2,1-2H3,(H,25,26)/b8-6+,23-10+. The summed E-state index contributed by atoms with van der Waals surface area (Å²) in [6, 6.07) is 8.22. The highest BCUT2D eigenvalue weighted by Gasteiger charge is 2.22. The Kier molecular flexibility index (Phi) is 8.67. The zero-order valence-corrected chi connectivity index (χ0v) is 16.4. The molecular formula is C24H34O2. The summed E-state index contributed by atoms with van der Waals surface area (Å²) in [5.74, 6) is 0.693. The first-order valence-electron chi connectivity index (χ1n) is 10.4. The van der Waals surface area contributed by atoms with Crippen LogP contribution in [0, 0.1) is 5.92 Å². The van der Waals surface area contributed by atoms with E-state index in [-0.39, 0.29) is 0 Å². The summed E-state index contributed by atoms with van der Waals surface area (Å²) in [5.41, 5.74) is 2.52. The quantitative estimate of drug-likeness (QED) is 0.295. The predicted molar refractivity (Wildman–Crippen MR) is 110 cm³/mol. The van der Waals surface area contributed by atoms with Crippen molar-refractivity contribution in [3.63, 3.8) is 0 Å². The van der Waals surface area contributed by atoms with E-state index in [4.69, 9.17) is 0 Å². The lowest BCUT2D eigenvalue weighted by Gasteiger charge is -2.29. The van der Waals surface area contributed by atoms with E-state index in [1.54, 1.807) is 6.08 Å². The van der Waals surface area contributed by atoms with Crippen molar-refractivity contribution in [2.75, 3.05) is 0 Å². The van der Waals surface area contributed by atoms with Crippen molar-refractivity contribution in [3.05, 3.63) is 53.6 Å². The van der Waals surface area contributed by atoms with Crippen LogP contribution >= 0.6 is 0 Å². The summed E-state index contributed by atoms with van der Waals surface area (Å²) in [6.07, 6.45) is 17.1. The molecule has 1 aromatic rings. The van der Waals surface area contributed by atoms with Crippen LogP contribution in [0.5, 0.6) is 0 Å². The number of carbonyl (C=O) groups is 1. The van der Waals surface area contributed by atoms with E-state index in [9.17, 15) is 9.90 Å². The lowest BCUT2D eigenvalue weighted by molar-refractivity contribution is -0.130. The van der Waals surface area contributed by atoms with Gasteiger partial charge in [0.1, 0.15) is 0 Å². The zero-order valence-electron chi connectivity index (χ0n) is 16.4. The maximum absolute atomic E-state index is 11.5. The van der Waals surface area contributed by atoms with Gasteiger partial charge in [0.05, 0.1) is 5.57 Å². The second-order valence-electron chi connectivity index (χ2n) is 7.56. The van der Waals surface area contributed by atoms with E-state index in [1.165, 1.54) is 56.9 Å². The van der Waals surface area contributed by atoms with Crippen LogP contribution in [-0.2, 0) is 4.79 Å². The van der Waals surface area contributed by atoms with E-state index < -0.39 is 5.97 Å². The largest absolute Gasteiger partial charge is 0.478 e. The van der Waals surface area contributed by atoms with E-state index in [1.807, 2.05) is 31.2 Å². The monoisotopic (exact) mass is 354 g/mol. The number of benzene rings is 1. The summed E-state index contributed by atoms with van der Waals surface area (Å²) in [5, 5.41) is 9.46. The normalized spacial score (nSPS) is 21.2. The molecule has 1 aliphatic rings. The van der Waals surface area contributed by atoms with Gasteiger partial charge in [-0.05, 0) is 61.1 Å². The Bertz CT molecular complexity index is 602. The molecule has 0 aromatic heterocycles. The molecule has 0 spiro atoms. The molecule has 1 saturated carbocycles. The molecule has 2 rings (SSSR count). The Hall–Kier alpha value is -1.83. The maximum Gasteiger partial charge on any atom is 0.336 e. The Morgan fingerprint density at radius 1 is 1.08 bits per heavy atom. The molecule has 0 unspecified atom stereocenters. The van der Waals surface area contributed by atoms with E-state index in [0.29, 0.717) is 11.5 Å². The highest BCUT2D eigenvalue weighted by atomic mass is 16.4. The molecule has 2 heteroatoms. The van der Waals surface area contributed by atoms with Gasteiger partial charge in [-0.2, -0.15) is 0 Å². The number of aliphatic carboxylic acids is 1. The molecule has 1 N–H and O–H groups in total.